The van der Waals surface area contributed by atoms with Crippen LogP contribution < -0.4 is 5.32 Å². The van der Waals surface area contributed by atoms with Gasteiger partial charge in [0.05, 0.1) is 0 Å². The molecular formula is C21H30N2O3. The Morgan fingerprint density at radius 3 is 2.81 bits per heavy atom. The number of nitrogens with one attached hydrogen (secondary N) is 2. The molecule has 0 radical (unpaired) electrons. The van der Waals surface area contributed by atoms with Gasteiger partial charge in [0.2, 0.25) is 0 Å². The van der Waals surface area contributed by atoms with Crippen LogP contribution in [0.5, 0.6) is 0 Å². The third-order valence-electron chi connectivity index (χ3n) is 6.58. The van der Waals surface area contributed by atoms with E-state index >= 15 is 0 Å². The highest BCUT2D eigenvalue weighted by atomic mass is 16.4. The Morgan fingerprint density at radius 2 is 2.15 bits per heavy atom. The van der Waals surface area contributed by atoms with Crippen molar-refractivity contribution in [1.29, 1.82) is 0 Å². The number of aromatic amines is 1. The van der Waals surface area contributed by atoms with Gasteiger partial charge in [-0.15, -0.1) is 0 Å². The molecule has 142 valence electrons. The highest BCUT2D eigenvalue weighted by molar-refractivity contribution is 5.92. The quantitative estimate of drug-likeness (QED) is 0.485. The lowest BCUT2D eigenvalue weighted by atomic mass is 9.44. The summed E-state index contributed by atoms with van der Waals surface area (Å²) in [5.74, 6) is 0.986. The zero-order valence-corrected chi connectivity index (χ0v) is 15.7. The van der Waals surface area contributed by atoms with Crippen LogP contribution >= 0.6 is 0 Å². The molecule has 4 rings (SSSR count). The second-order valence-electron chi connectivity index (χ2n) is 8.43. The molecule has 4 atom stereocenters. The van der Waals surface area contributed by atoms with Crippen molar-refractivity contribution in [1.82, 2.24) is 10.3 Å². The van der Waals surface area contributed by atoms with Gasteiger partial charge in [0.15, 0.2) is 0 Å². The van der Waals surface area contributed by atoms with Gasteiger partial charge in [-0.1, -0.05) is 26.0 Å². The Labute approximate surface area is 155 Å². The molecule has 0 saturated heterocycles. The van der Waals surface area contributed by atoms with E-state index in [0.717, 1.165) is 25.2 Å². The van der Waals surface area contributed by atoms with E-state index in [1.807, 2.05) is 12.1 Å². The van der Waals surface area contributed by atoms with Crippen LogP contribution in [0.4, 0.5) is 0 Å². The lowest BCUT2D eigenvalue weighted by Gasteiger charge is -2.62. The Balaban J connectivity index is 1.59. The highest BCUT2D eigenvalue weighted by Gasteiger charge is 2.57. The molecular weight excluding hydrogens is 328 g/mol. The number of H-pyrrole nitrogens is 1. The molecule has 1 heterocycles. The molecule has 3 fully saturated rings. The molecule has 26 heavy (non-hydrogen) atoms. The first-order chi connectivity index (χ1) is 12.4. The van der Waals surface area contributed by atoms with E-state index in [2.05, 4.69) is 36.3 Å². The van der Waals surface area contributed by atoms with E-state index in [4.69, 9.17) is 5.11 Å². The molecule has 1 aromatic heterocycles. The Bertz CT molecular complexity index is 663. The average Bonchev–Trinajstić information content (AvgIpc) is 3.13. The number of hydrogen-bond acceptors (Lipinski definition) is 2. The number of carbonyl (C=O) groups is 2. The zero-order valence-electron chi connectivity index (χ0n) is 15.7. The maximum absolute atomic E-state index is 12.6. The number of rotatable bonds is 8. The summed E-state index contributed by atoms with van der Waals surface area (Å²) in [4.78, 5) is 26.1. The fourth-order valence-electron chi connectivity index (χ4n) is 4.83. The molecule has 3 saturated carbocycles. The summed E-state index contributed by atoms with van der Waals surface area (Å²) >= 11 is 0. The summed E-state index contributed by atoms with van der Waals surface area (Å²) < 4.78 is 0. The minimum atomic E-state index is -0.736. The first-order valence-electron chi connectivity index (χ1n) is 9.70. The molecule has 0 spiro atoms. The predicted molar refractivity (Wildman–Crippen MR) is 101 cm³/mol. The van der Waals surface area contributed by atoms with Crippen molar-refractivity contribution in [2.75, 3.05) is 0 Å². The summed E-state index contributed by atoms with van der Waals surface area (Å²) in [6, 6.07) is 3.86. The third-order valence-corrected chi connectivity index (χ3v) is 6.58. The third kappa shape index (κ3) is 3.87. The number of carbonyl (C=O) groups excluding carboxylic acids is 1. The van der Waals surface area contributed by atoms with Crippen LogP contribution in [0.2, 0.25) is 0 Å². The standard InChI is InChI=1S/C21H30N2O3/c1-21(2)15-12-14(8-5-3-4-6-10-18(24)25)19(16(21)13-15)23-20(26)17-9-7-11-22-17/h3,5,7,9,11,14-16,19,22H,4,6,8,10,12-13H2,1-2H3,(H,23,26)(H,24,25)/b5-3-/t14-,15-,16-,19+/m0/s1. The molecule has 1 amide bonds. The number of allylic oxidation sites excluding steroid dienone is 2. The number of fused-ring (bicyclic) bond motifs is 2. The van der Waals surface area contributed by atoms with Gasteiger partial charge in [0.1, 0.15) is 5.69 Å². The van der Waals surface area contributed by atoms with Crippen LogP contribution in [0.15, 0.2) is 30.5 Å². The molecule has 1 aromatic rings. The van der Waals surface area contributed by atoms with Crippen molar-refractivity contribution in [2.24, 2.45) is 23.2 Å². The summed E-state index contributed by atoms with van der Waals surface area (Å²) in [6.45, 7) is 4.66. The largest absolute Gasteiger partial charge is 0.481 e. The number of amides is 1. The van der Waals surface area contributed by atoms with E-state index < -0.39 is 5.97 Å². The second-order valence-corrected chi connectivity index (χ2v) is 8.43. The molecule has 0 unspecified atom stereocenters. The highest BCUT2D eigenvalue weighted by Crippen LogP contribution is 2.61. The summed E-state index contributed by atoms with van der Waals surface area (Å²) in [5, 5.41) is 12.0. The monoisotopic (exact) mass is 358 g/mol. The van der Waals surface area contributed by atoms with E-state index in [9.17, 15) is 9.59 Å². The Hall–Kier alpha value is -2.04. The van der Waals surface area contributed by atoms with Crippen LogP contribution in [0.1, 0.15) is 62.9 Å². The van der Waals surface area contributed by atoms with Gasteiger partial charge in [0.25, 0.3) is 5.91 Å². The second kappa shape index (κ2) is 7.68. The van der Waals surface area contributed by atoms with Gasteiger partial charge in [-0.3, -0.25) is 9.59 Å². The van der Waals surface area contributed by atoms with E-state index in [0.29, 0.717) is 29.4 Å². The molecule has 3 N–H and O–H groups in total. The predicted octanol–water partition coefficient (Wildman–Crippen LogP) is 4.00. The minimum absolute atomic E-state index is 0.0170. The number of aliphatic carboxylic acids is 1. The lowest BCUT2D eigenvalue weighted by molar-refractivity contribution is -0.137. The van der Waals surface area contributed by atoms with Gasteiger partial charge >= 0.3 is 5.97 Å². The van der Waals surface area contributed by atoms with Crippen molar-refractivity contribution in [2.45, 2.75) is 58.4 Å². The molecule has 3 aliphatic rings. The normalized spacial score (nSPS) is 29.3. The Kier molecular flexibility index (Phi) is 5.54. The number of hydrogen-bond donors (Lipinski definition) is 3. The van der Waals surface area contributed by atoms with Gasteiger partial charge in [-0.05, 0) is 67.4 Å². The van der Waals surface area contributed by atoms with Gasteiger partial charge in [-0.25, -0.2) is 0 Å². The van der Waals surface area contributed by atoms with Crippen LogP contribution in [0.25, 0.3) is 0 Å². The molecule has 3 aliphatic carbocycles. The van der Waals surface area contributed by atoms with Crippen LogP contribution in [-0.4, -0.2) is 28.0 Å². The minimum Gasteiger partial charge on any atom is -0.481 e. The number of unbranched alkanes of at least 4 members (excludes halogenated alkanes) is 1. The van der Waals surface area contributed by atoms with Crippen molar-refractivity contribution < 1.29 is 14.7 Å². The first kappa shape index (κ1) is 18.7. The number of carboxylic acid groups (broad SMARTS) is 1. The summed E-state index contributed by atoms with van der Waals surface area (Å²) in [7, 11) is 0. The molecule has 5 nitrogen and oxygen atoms in total. The molecule has 2 bridgehead atoms. The van der Waals surface area contributed by atoms with Gasteiger partial charge in [-0.2, -0.15) is 0 Å². The topological polar surface area (TPSA) is 82.2 Å². The lowest BCUT2D eigenvalue weighted by Crippen LogP contribution is -2.63. The van der Waals surface area contributed by atoms with Crippen molar-refractivity contribution in [3.05, 3.63) is 36.2 Å². The summed E-state index contributed by atoms with van der Waals surface area (Å²) in [6.07, 6.45) is 11.1. The van der Waals surface area contributed by atoms with Crippen molar-refractivity contribution >= 4 is 11.9 Å². The van der Waals surface area contributed by atoms with Gasteiger partial charge < -0.3 is 15.4 Å². The molecule has 5 heteroatoms. The number of carboxylic acids is 1. The van der Waals surface area contributed by atoms with Crippen LogP contribution in [-0.2, 0) is 4.79 Å². The molecule has 0 aliphatic heterocycles. The molecule has 0 aromatic carbocycles. The maximum Gasteiger partial charge on any atom is 0.303 e. The van der Waals surface area contributed by atoms with Gasteiger partial charge in [0, 0.05) is 18.7 Å². The first-order valence-corrected chi connectivity index (χ1v) is 9.70. The van der Waals surface area contributed by atoms with Crippen molar-refractivity contribution in [3.8, 4) is 0 Å². The van der Waals surface area contributed by atoms with Crippen LogP contribution in [0.3, 0.4) is 0 Å². The maximum atomic E-state index is 12.6. The number of aromatic nitrogens is 1. The van der Waals surface area contributed by atoms with Crippen molar-refractivity contribution in [3.63, 3.8) is 0 Å². The zero-order chi connectivity index (χ0) is 18.7. The van der Waals surface area contributed by atoms with E-state index in [1.165, 1.54) is 6.42 Å². The summed E-state index contributed by atoms with van der Waals surface area (Å²) in [5.41, 5.74) is 0.919. The fraction of sp³-hybridized carbons (Fsp3) is 0.619. The SMILES string of the molecule is CC1(C)[C@H]2C[C@H](C/C=C\CCCC(=O)O)[C@@H](NC(=O)c3ccc[nH]3)[C@@H]1C2. The van der Waals surface area contributed by atoms with Crippen LogP contribution in [0, 0.1) is 23.2 Å². The Morgan fingerprint density at radius 1 is 1.35 bits per heavy atom. The van der Waals surface area contributed by atoms with E-state index in [-0.39, 0.29) is 18.4 Å². The van der Waals surface area contributed by atoms with E-state index in [1.54, 1.807) is 6.20 Å². The smallest absolute Gasteiger partial charge is 0.303 e. The fourth-order valence-corrected chi connectivity index (χ4v) is 4.83. The average molecular weight is 358 g/mol.